The molecule has 0 N–H and O–H groups in total. The molecule has 0 amide bonds. The second-order valence-corrected chi connectivity index (χ2v) is 6.72. The zero-order valence-electron chi connectivity index (χ0n) is 12.7. The van der Waals surface area contributed by atoms with E-state index in [0.717, 1.165) is 29.1 Å². The lowest BCUT2D eigenvalue weighted by Crippen LogP contribution is -2.13. The average Bonchev–Trinajstić information content (AvgIpc) is 3.14. The van der Waals surface area contributed by atoms with Crippen molar-refractivity contribution >= 4 is 34.1 Å². The molecule has 0 saturated carbocycles. The summed E-state index contributed by atoms with van der Waals surface area (Å²) in [7, 11) is 1.97. The van der Waals surface area contributed by atoms with Gasteiger partial charge in [0.2, 0.25) is 0 Å². The Kier molecular flexibility index (Phi) is 3.80. The number of hydrogen-bond acceptors (Lipinski definition) is 3. The van der Waals surface area contributed by atoms with Crippen LogP contribution in [0.1, 0.15) is 49.3 Å². The van der Waals surface area contributed by atoms with Gasteiger partial charge in [-0.1, -0.05) is 6.92 Å². The maximum absolute atomic E-state index is 6.38. The van der Waals surface area contributed by atoms with Gasteiger partial charge in [-0.2, -0.15) is 16.4 Å². The second kappa shape index (κ2) is 5.46. The standard InChI is InChI=1S/C15H19ClN4S/c1-5-12-13-15(19(4)18-12)20(14(17-13)9(2)16)10(3)11-6-7-21-8-11/h6-10H,5H2,1-4H3. The maximum Gasteiger partial charge on any atom is 0.159 e. The summed E-state index contributed by atoms with van der Waals surface area (Å²) < 4.78 is 4.15. The number of aryl methyl sites for hydroxylation is 2. The van der Waals surface area contributed by atoms with Crippen LogP contribution in [0.2, 0.25) is 0 Å². The highest BCUT2D eigenvalue weighted by Gasteiger charge is 2.24. The van der Waals surface area contributed by atoms with Crippen molar-refractivity contribution in [3.8, 4) is 0 Å². The molecule has 0 fully saturated rings. The number of thiophene rings is 1. The summed E-state index contributed by atoms with van der Waals surface area (Å²) in [6, 6.07) is 2.35. The Bertz CT molecular complexity index is 754. The van der Waals surface area contributed by atoms with Crippen molar-refractivity contribution < 1.29 is 0 Å². The Morgan fingerprint density at radius 2 is 2.14 bits per heavy atom. The lowest BCUT2D eigenvalue weighted by atomic mass is 10.2. The molecule has 112 valence electrons. The average molecular weight is 323 g/mol. The number of aromatic nitrogens is 4. The minimum Gasteiger partial charge on any atom is -0.304 e. The van der Waals surface area contributed by atoms with Crippen molar-refractivity contribution in [3.63, 3.8) is 0 Å². The van der Waals surface area contributed by atoms with Crippen molar-refractivity contribution in [2.45, 2.75) is 38.6 Å². The van der Waals surface area contributed by atoms with Crippen LogP contribution in [-0.2, 0) is 13.5 Å². The number of imidazole rings is 1. The van der Waals surface area contributed by atoms with E-state index in [0.29, 0.717) is 0 Å². The summed E-state index contributed by atoms with van der Waals surface area (Å²) in [6.07, 6.45) is 0.872. The second-order valence-electron chi connectivity index (χ2n) is 5.28. The summed E-state index contributed by atoms with van der Waals surface area (Å²) in [5, 5.41) is 8.73. The van der Waals surface area contributed by atoms with Gasteiger partial charge in [0.25, 0.3) is 0 Å². The summed E-state index contributed by atoms with van der Waals surface area (Å²) in [4.78, 5) is 4.79. The van der Waals surface area contributed by atoms with Gasteiger partial charge >= 0.3 is 0 Å². The Hall–Kier alpha value is -1.33. The van der Waals surface area contributed by atoms with Crippen molar-refractivity contribution in [2.75, 3.05) is 0 Å². The molecular weight excluding hydrogens is 304 g/mol. The van der Waals surface area contributed by atoms with Crippen LogP contribution in [0.3, 0.4) is 0 Å². The Labute approximate surface area is 133 Å². The fraction of sp³-hybridized carbons (Fsp3) is 0.467. The van der Waals surface area contributed by atoms with Crippen LogP contribution < -0.4 is 0 Å². The van der Waals surface area contributed by atoms with Crippen LogP contribution in [-0.4, -0.2) is 19.3 Å². The molecule has 21 heavy (non-hydrogen) atoms. The number of halogens is 1. The fourth-order valence-electron chi connectivity index (χ4n) is 2.78. The normalized spacial score (nSPS) is 14.7. The van der Waals surface area contributed by atoms with Crippen molar-refractivity contribution in [1.82, 2.24) is 19.3 Å². The fourth-order valence-corrected chi connectivity index (χ4v) is 3.68. The summed E-state index contributed by atoms with van der Waals surface area (Å²) in [5.41, 5.74) is 4.33. The van der Waals surface area contributed by atoms with E-state index in [9.17, 15) is 0 Å². The van der Waals surface area contributed by atoms with Gasteiger partial charge in [0.15, 0.2) is 5.65 Å². The molecule has 0 aliphatic rings. The molecule has 0 radical (unpaired) electrons. The molecule has 3 aromatic heterocycles. The Morgan fingerprint density at radius 1 is 1.38 bits per heavy atom. The minimum absolute atomic E-state index is 0.136. The highest BCUT2D eigenvalue weighted by Crippen LogP contribution is 2.32. The van der Waals surface area contributed by atoms with E-state index in [4.69, 9.17) is 16.6 Å². The van der Waals surface area contributed by atoms with E-state index >= 15 is 0 Å². The molecule has 0 saturated heterocycles. The van der Waals surface area contributed by atoms with Crippen LogP contribution >= 0.6 is 22.9 Å². The third-order valence-electron chi connectivity index (χ3n) is 3.87. The molecule has 3 aromatic rings. The molecule has 2 unspecified atom stereocenters. The molecule has 6 heteroatoms. The van der Waals surface area contributed by atoms with Crippen molar-refractivity contribution in [1.29, 1.82) is 0 Å². The lowest BCUT2D eigenvalue weighted by molar-refractivity contribution is 0.596. The van der Waals surface area contributed by atoms with Gasteiger partial charge in [-0.25, -0.2) is 4.98 Å². The Morgan fingerprint density at radius 3 is 2.71 bits per heavy atom. The summed E-state index contributed by atoms with van der Waals surface area (Å²) in [5.74, 6) is 0.910. The zero-order chi connectivity index (χ0) is 15.1. The van der Waals surface area contributed by atoms with Crippen LogP contribution in [0.25, 0.3) is 11.2 Å². The molecule has 3 rings (SSSR count). The van der Waals surface area contributed by atoms with Gasteiger partial charge in [-0.3, -0.25) is 4.68 Å². The molecule has 4 nitrogen and oxygen atoms in total. The van der Waals surface area contributed by atoms with Gasteiger partial charge in [-0.15, -0.1) is 11.6 Å². The molecular formula is C15H19ClN4S. The highest BCUT2D eigenvalue weighted by molar-refractivity contribution is 7.07. The molecule has 0 aliphatic carbocycles. The number of nitrogens with zero attached hydrogens (tertiary/aromatic N) is 4. The molecule has 2 atom stereocenters. The molecule has 0 spiro atoms. The number of alkyl halides is 1. The monoisotopic (exact) mass is 322 g/mol. The zero-order valence-corrected chi connectivity index (χ0v) is 14.2. The van der Waals surface area contributed by atoms with Crippen molar-refractivity contribution in [3.05, 3.63) is 33.9 Å². The number of rotatable bonds is 4. The summed E-state index contributed by atoms with van der Waals surface area (Å²) >= 11 is 8.09. The molecule has 0 aliphatic heterocycles. The smallest absolute Gasteiger partial charge is 0.159 e. The maximum atomic E-state index is 6.38. The first kappa shape index (κ1) is 14.6. The van der Waals surface area contributed by atoms with Crippen molar-refractivity contribution in [2.24, 2.45) is 7.05 Å². The van der Waals surface area contributed by atoms with E-state index in [-0.39, 0.29) is 11.4 Å². The lowest BCUT2D eigenvalue weighted by Gasteiger charge is -2.18. The third kappa shape index (κ3) is 2.28. The third-order valence-corrected chi connectivity index (χ3v) is 4.76. The predicted octanol–water partition coefficient (Wildman–Crippen LogP) is 4.30. The van der Waals surface area contributed by atoms with Gasteiger partial charge < -0.3 is 4.57 Å². The Balaban J connectivity index is 2.28. The first-order valence-electron chi connectivity index (χ1n) is 7.14. The van der Waals surface area contributed by atoms with Gasteiger partial charge in [-0.05, 0) is 42.7 Å². The first-order valence-corrected chi connectivity index (χ1v) is 8.52. The van der Waals surface area contributed by atoms with Crippen LogP contribution in [0.4, 0.5) is 0 Å². The van der Waals surface area contributed by atoms with E-state index in [1.807, 2.05) is 18.7 Å². The van der Waals surface area contributed by atoms with Gasteiger partial charge in [0.05, 0.1) is 17.1 Å². The molecule has 0 bridgehead atoms. The first-order chi connectivity index (χ1) is 10.0. The number of fused-ring (bicyclic) bond motifs is 1. The van der Waals surface area contributed by atoms with Crippen LogP contribution in [0, 0.1) is 0 Å². The predicted molar refractivity (Wildman–Crippen MR) is 88.3 cm³/mol. The summed E-state index contributed by atoms with van der Waals surface area (Å²) in [6.45, 7) is 6.26. The minimum atomic E-state index is -0.136. The molecule has 0 aromatic carbocycles. The molecule has 3 heterocycles. The van der Waals surface area contributed by atoms with E-state index < -0.39 is 0 Å². The quantitative estimate of drug-likeness (QED) is 0.671. The van der Waals surface area contributed by atoms with Gasteiger partial charge in [0, 0.05) is 7.05 Å². The van der Waals surface area contributed by atoms with E-state index in [1.165, 1.54) is 5.56 Å². The van der Waals surface area contributed by atoms with Crippen LogP contribution in [0.5, 0.6) is 0 Å². The van der Waals surface area contributed by atoms with E-state index in [1.54, 1.807) is 11.3 Å². The van der Waals surface area contributed by atoms with E-state index in [2.05, 4.69) is 40.3 Å². The SMILES string of the molecule is CCc1nn(C)c2c1nc(C(C)Cl)n2C(C)c1ccsc1. The largest absolute Gasteiger partial charge is 0.304 e. The van der Waals surface area contributed by atoms with Crippen LogP contribution in [0.15, 0.2) is 16.8 Å². The van der Waals surface area contributed by atoms with Gasteiger partial charge in [0.1, 0.15) is 11.3 Å². The topological polar surface area (TPSA) is 35.6 Å². The highest BCUT2D eigenvalue weighted by atomic mass is 35.5. The number of hydrogen-bond donors (Lipinski definition) is 0.